The monoisotopic (exact) mass is 254 g/mol. The van der Waals surface area contributed by atoms with Crippen LogP contribution in [0.3, 0.4) is 0 Å². The third-order valence-electron chi connectivity index (χ3n) is 2.30. The second-order valence-electron chi connectivity index (χ2n) is 3.68. The number of hydrogen-bond acceptors (Lipinski definition) is 2. The number of hydrogen-bond donors (Lipinski definition) is 0. The summed E-state index contributed by atoms with van der Waals surface area (Å²) in [6.07, 6.45) is 0. The molecule has 0 saturated carbocycles. The van der Waals surface area contributed by atoms with E-state index in [1.54, 1.807) is 23.9 Å². The van der Waals surface area contributed by atoms with Crippen LogP contribution in [0, 0.1) is 5.82 Å². The predicted octanol–water partition coefficient (Wildman–Crippen LogP) is 2.87. The van der Waals surface area contributed by atoms with Crippen molar-refractivity contribution in [2.75, 3.05) is 7.11 Å². The summed E-state index contributed by atoms with van der Waals surface area (Å²) in [7, 11) is 1.60. The van der Waals surface area contributed by atoms with Crippen molar-refractivity contribution in [3.05, 3.63) is 52.6 Å². The van der Waals surface area contributed by atoms with Crippen LogP contribution in [-0.4, -0.2) is 16.9 Å². The molecule has 5 heteroatoms. The van der Waals surface area contributed by atoms with Crippen molar-refractivity contribution >= 4 is 11.6 Å². The summed E-state index contributed by atoms with van der Waals surface area (Å²) in [5.74, 6) is -0.261. The van der Waals surface area contributed by atoms with Crippen LogP contribution in [0.2, 0.25) is 5.15 Å². The van der Waals surface area contributed by atoms with Gasteiger partial charge in [-0.05, 0) is 17.7 Å². The van der Waals surface area contributed by atoms with Gasteiger partial charge in [-0.15, -0.1) is 0 Å². The smallest absolute Gasteiger partial charge is 0.127 e. The van der Waals surface area contributed by atoms with Gasteiger partial charge in [0.15, 0.2) is 0 Å². The van der Waals surface area contributed by atoms with Gasteiger partial charge >= 0.3 is 0 Å². The Morgan fingerprint density at radius 3 is 2.94 bits per heavy atom. The first kappa shape index (κ1) is 12.1. The standard InChI is InChI=1S/C12H12ClFN2O/c1-17-8-11-6-12(13)16(15-11)7-9-3-2-4-10(14)5-9/h2-6H,7-8H2,1H3. The molecule has 3 nitrogen and oxygen atoms in total. The van der Waals surface area contributed by atoms with Crippen LogP contribution < -0.4 is 0 Å². The number of aromatic nitrogens is 2. The highest BCUT2D eigenvalue weighted by atomic mass is 35.5. The topological polar surface area (TPSA) is 27.1 Å². The van der Waals surface area contributed by atoms with Crippen molar-refractivity contribution in [2.45, 2.75) is 13.2 Å². The first-order valence-electron chi connectivity index (χ1n) is 5.14. The lowest BCUT2D eigenvalue weighted by atomic mass is 10.2. The quantitative estimate of drug-likeness (QED) is 0.839. The molecule has 1 aromatic heterocycles. The summed E-state index contributed by atoms with van der Waals surface area (Å²) in [5.41, 5.74) is 1.58. The molecule has 0 amide bonds. The van der Waals surface area contributed by atoms with Gasteiger partial charge in [0.2, 0.25) is 0 Å². The summed E-state index contributed by atoms with van der Waals surface area (Å²) in [6.45, 7) is 0.857. The van der Waals surface area contributed by atoms with Gasteiger partial charge in [-0.25, -0.2) is 9.07 Å². The van der Waals surface area contributed by atoms with Gasteiger partial charge in [0.05, 0.1) is 18.8 Å². The van der Waals surface area contributed by atoms with E-state index in [0.717, 1.165) is 11.3 Å². The molecule has 0 aliphatic rings. The van der Waals surface area contributed by atoms with Crippen LogP contribution in [0.25, 0.3) is 0 Å². The van der Waals surface area contributed by atoms with E-state index in [-0.39, 0.29) is 5.82 Å². The van der Waals surface area contributed by atoms with Gasteiger partial charge < -0.3 is 4.74 Å². The van der Waals surface area contributed by atoms with E-state index in [1.807, 2.05) is 6.07 Å². The Kier molecular flexibility index (Phi) is 3.76. The first-order chi connectivity index (χ1) is 8.19. The lowest BCUT2D eigenvalue weighted by molar-refractivity contribution is 0.181. The predicted molar refractivity (Wildman–Crippen MR) is 63.5 cm³/mol. The molecule has 2 rings (SSSR count). The maximum absolute atomic E-state index is 13.0. The Balaban J connectivity index is 2.18. The Labute approximate surface area is 104 Å². The zero-order chi connectivity index (χ0) is 12.3. The maximum Gasteiger partial charge on any atom is 0.127 e. The van der Waals surface area contributed by atoms with Crippen molar-refractivity contribution in [1.82, 2.24) is 9.78 Å². The van der Waals surface area contributed by atoms with Crippen LogP contribution in [0.15, 0.2) is 30.3 Å². The fraction of sp³-hybridized carbons (Fsp3) is 0.250. The molecule has 17 heavy (non-hydrogen) atoms. The lowest BCUT2D eigenvalue weighted by Crippen LogP contribution is -2.03. The molecular weight excluding hydrogens is 243 g/mol. The fourth-order valence-electron chi connectivity index (χ4n) is 1.58. The molecule has 1 aromatic carbocycles. The largest absolute Gasteiger partial charge is 0.378 e. The Hall–Kier alpha value is -1.39. The Morgan fingerprint density at radius 2 is 2.24 bits per heavy atom. The van der Waals surface area contributed by atoms with Gasteiger partial charge in [0.25, 0.3) is 0 Å². The molecule has 0 atom stereocenters. The van der Waals surface area contributed by atoms with E-state index in [1.165, 1.54) is 12.1 Å². The van der Waals surface area contributed by atoms with Crippen LogP contribution in [0.4, 0.5) is 4.39 Å². The van der Waals surface area contributed by atoms with E-state index in [9.17, 15) is 4.39 Å². The minimum absolute atomic E-state index is 0.261. The number of ether oxygens (including phenoxy) is 1. The molecule has 0 saturated heterocycles. The van der Waals surface area contributed by atoms with E-state index in [4.69, 9.17) is 16.3 Å². The zero-order valence-electron chi connectivity index (χ0n) is 9.36. The van der Waals surface area contributed by atoms with Gasteiger partial charge in [0, 0.05) is 13.2 Å². The first-order valence-corrected chi connectivity index (χ1v) is 5.52. The third kappa shape index (κ3) is 3.05. The van der Waals surface area contributed by atoms with Crippen molar-refractivity contribution < 1.29 is 9.13 Å². The molecule has 2 aromatic rings. The molecule has 0 fully saturated rings. The number of halogens is 2. The van der Waals surface area contributed by atoms with Crippen LogP contribution in [-0.2, 0) is 17.9 Å². The number of rotatable bonds is 4. The summed E-state index contributed by atoms with van der Waals surface area (Å²) in [4.78, 5) is 0. The lowest BCUT2D eigenvalue weighted by Gasteiger charge is -2.03. The van der Waals surface area contributed by atoms with Gasteiger partial charge in [-0.2, -0.15) is 5.10 Å². The van der Waals surface area contributed by atoms with E-state index >= 15 is 0 Å². The summed E-state index contributed by atoms with van der Waals surface area (Å²) in [6, 6.07) is 8.11. The molecule has 0 radical (unpaired) electrons. The Morgan fingerprint density at radius 1 is 1.41 bits per heavy atom. The van der Waals surface area contributed by atoms with Gasteiger partial charge in [-0.3, -0.25) is 0 Å². The minimum atomic E-state index is -0.261. The average molecular weight is 255 g/mol. The van der Waals surface area contributed by atoms with Crippen LogP contribution in [0.5, 0.6) is 0 Å². The maximum atomic E-state index is 13.0. The highest BCUT2D eigenvalue weighted by Gasteiger charge is 2.06. The normalized spacial score (nSPS) is 10.8. The Bertz CT molecular complexity index is 513. The number of benzene rings is 1. The van der Waals surface area contributed by atoms with Gasteiger partial charge in [0.1, 0.15) is 11.0 Å². The average Bonchev–Trinajstić information content (AvgIpc) is 2.60. The van der Waals surface area contributed by atoms with Crippen LogP contribution in [0.1, 0.15) is 11.3 Å². The second-order valence-corrected chi connectivity index (χ2v) is 4.07. The van der Waals surface area contributed by atoms with Crippen molar-refractivity contribution in [3.63, 3.8) is 0 Å². The molecule has 0 aliphatic heterocycles. The molecule has 0 N–H and O–H groups in total. The fourth-order valence-corrected chi connectivity index (χ4v) is 1.80. The van der Waals surface area contributed by atoms with Crippen molar-refractivity contribution in [3.8, 4) is 0 Å². The highest BCUT2D eigenvalue weighted by molar-refractivity contribution is 6.29. The highest BCUT2D eigenvalue weighted by Crippen LogP contribution is 2.14. The molecule has 90 valence electrons. The van der Waals surface area contributed by atoms with E-state index in [0.29, 0.717) is 18.3 Å². The SMILES string of the molecule is COCc1cc(Cl)n(Cc2cccc(F)c2)n1. The van der Waals surface area contributed by atoms with Crippen molar-refractivity contribution in [1.29, 1.82) is 0 Å². The molecule has 1 heterocycles. The zero-order valence-corrected chi connectivity index (χ0v) is 10.1. The summed E-state index contributed by atoms with van der Waals surface area (Å²) >= 11 is 6.02. The molecule has 0 spiro atoms. The molecule has 0 unspecified atom stereocenters. The second kappa shape index (κ2) is 5.29. The molecular formula is C12H12ClFN2O. The summed E-state index contributed by atoms with van der Waals surface area (Å²) in [5, 5.41) is 4.78. The number of methoxy groups -OCH3 is 1. The molecule has 0 bridgehead atoms. The van der Waals surface area contributed by atoms with Crippen molar-refractivity contribution in [2.24, 2.45) is 0 Å². The van der Waals surface area contributed by atoms with Crippen LogP contribution >= 0.6 is 11.6 Å². The molecule has 0 aliphatic carbocycles. The third-order valence-corrected chi connectivity index (χ3v) is 2.60. The van der Waals surface area contributed by atoms with Gasteiger partial charge in [-0.1, -0.05) is 23.7 Å². The van der Waals surface area contributed by atoms with E-state index < -0.39 is 0 Å². The minimum Gasteiger partial charge on any atom is -0.378 e. The number of nitrogens with zero attached hydrogens (tertiary/aromatic N) is 2. The summed E-state index contributed by atoms with van der Waals surface area (Å²) < 4.78 is 19.6. The van der Waals surface area contributed by atoms with E-state index in [2.05, 4.69) is 5.10 Å².